The molecular formula is C10H11BrO2S. The zero-order valence-electron chi connectivity index (χ0n) is 7.88. The van der Waals surface area contributed by atoms with E-state index in [4.69, 9.17) is 4.74 Å². The van der Waals surface area contributed by atoms with E-state index in [2.05, 4.69) is 15.9 Å². The lowest BCUT2D eigenvalue weighted by Gasteiger charge is -2.04. The summed E-state index contributed by atoms with van der Waals surface area (Å²) in [4.78, 5) is 13.8. The van der Waals surface area contributed by atoms with Crippen molar-refractivity contribution >= 4 is 33.0 Å². The van der Waals surface area contributed by atoms with Crippen LogP contribution in [-0.2, 0) is 4.74 Å². The Morgan fingerprint density at radius 1 is 1.71 bits per heavy atom. The molecule has 1 aromatic rings. The van der Waals surface area contributed by atoms with Gasteiger partial charge in [-0.1, -0.05) is 0 Å². The van der Waals surface area contributed by atoms with Gasteiger partial charge in [0.25, 0.3) is 0 Å². The first-order valence-corrected chi connectivity index (χ1v) is 6.21. The van der Waals surface area contributed by atoms with Crippen molar-refractivity contribution in [3.05, 3.63) is 20.3 Å². The molecule has 0 radical (unpaired) electrons. The fraction of sp³-hybridized carbons (Fsp3) is 0.500. The molecule has 1 aliphatic rings. The van der Waals surface area contributed by atoms with Crippen molar-refractivity contribution < 1.29 is 9.53 Å². The van der Waals surface area contributed by atoms with Gasteiger partial charge in [-0.2, -0.15) is 0 Å². The summed E-state index contributed by atoms with van der Waals surface area (Å²) in [5, 5.41) is 0. The lowest BCUT2D eigenvalue weighted by molar-refractivity contribution is 0.0647. The van der Waals surface area contributed by atoms with Crippen LogP contribution in [0.15, 0.2) is 10.5 Å². The van der Waals surface area contributed by atoms with Crippen LogP contribution in [0.4, 0.5) is 0 Å². The van der Waals surface area contributed by atoms with Gasteiger partial charge in [0.15, 0.2) is 0 Å². The number of aryl methyl sites for hydroxylation is 1. The minimum absolute atomic E-state index is 0.140. The molecule has 1 fully saturated rings. The summed E-state index contributed by atoms with van der Waals surface area (Å²) in [7, 11) is 0. The lowest BCUT2D eigenvalue weighted by Crippen LogP contribution is -2.18. The molecule has 0 aromatic carbocycles. The monoisotopic (exact) mass is 274 g/mol. The van der Waals surface area contributed by atoms with Crippen LogP contribution in [0.1, 0.15) is 27.4 Å². The molecule has 2 nitrogen and oxygen atoms in total. The second-order valence-corrected chi connectivity index (χ2v) is 5.49. The molecule has 0 spiro atoms. The van der Waals surface area contributed by atoms with Gasteiger partial charge in [-0.25, -0.2) is 0 Å². The number of ketones is 1. The van der Waals surface area contributed by atoms with Gasteiger partial charge in [0, 0.05) is 16.0 Å². The highest BCUT2D eigenvalue weighted by Gasteiger charge is 2.26. The fourth-order valence-electron chi connectivity index (χ4n) is 1.52. The molecule has 76 valence electrons. The average molecular weight is 275 g/mol. The molecule has 1 unspecified atom stereocenters. The smallest absolute Gasteiger partial charge is 0.201 e. The Hall–Kier alpha value is -0.190. The number of hydrogen-bond donors (Lipinski definition) is 0. The predicted octanol–water partition coefficient (Wildman–Crippen LogP) is 3.18. The largest absolute Gasteiger partial charge is 0.370 e. The number of carbonyl (C=O) groups is 1. The molecule has 14 heavy (non-hydrogen) atoms. The first kappa shape index (κ1) is 10.3. The summed E-state index contributed by atoms with van der Waals surface area (Å²) in [6.07, 6.45) is 1.68. The van der Waals surface area contributed by atoms with Gasteiger partial charge < -0.3 is 4.74 Å². The third kappa shape index (κ3) is 1.92. The number of Topliss-reactive ketones (excluding diaryl/α,β-unsaturated/α-hetero) is 1. The summed E-state index contributed by atoms with van der Waals surface area (Å²) >= 11 is 4.94. The van der Waals surface area contributed by atoms with Crippen LogP contribution in [0, 0.1) is 6.92 Å². The number of ether oxygens (including phenoxy) is 1. The standard InChI is InChI=1S/C10H11BrO2S/c1-6-7(11)5-9(14-6)10(12)8-3-2-4-13-8/h5,8H,2-4H2,1H3. The maximum Gasteiger partial charge on any atom is 0.201 e. The predicted molar refractivity (Wildman–Crippen MR) is 60.1 cm³/mol. The molecule has 0 amide bonds. The first-order valence-electron chi connectivity index (χ1n) is 4.60. The second-order valence-electron chi connectivity index (χ2n) is 3.38. The van der Waals surface area contributed by atoms with Crippen LogP contribution in [0.25, 0.3) is 0 Å². The third-order valence-corrected chi connectivity index (χ3v) is 4.47. The van der Waals surface area contributed by atoms with Crippen molar-refractivity contribution in [1.82, 2.24) is 0 Å². The van der Waals surface area contributed by atoms with E-state index in [9.17, 15) is 4.79 Å². The van der Waals surface area contributed by atoms with E-state index in [-0.39, 0.29) is 11.9 Å². The number of hydrogen-bond acceptors (Lipinski definition) is 3. The summed E-state index contributed by atoms with van der Waals surface area (Å²) in [5.41, 5.74) is 0. The Bertz CT molecular complexity index is 334. The molecule has 4 heteroatoms. The Morgan fingerprint density at radius 3 is 3.00 bits per heavy atom. The molecule has 2 heterocycles. The second kappa shape index (κ2) is 4.13. The number of rotatable bonds is 2. The maximum absolute atomic E-state index is 11.9. The van der Waals surface area contributed by atoms with Crippen LogP contribution in [-0.4, -0.2) is 18.5 Å². The third-order valence-electron chi connectivity index (χ3n) is 2.32. The highest BCUT2D eigenvalue weighted by Crippen LogP contribution is 2.29. The van der Waals surface area contributed by atoms with E-state index in [0.29, 0.717) is 0 Å². The van der Waals surface area contributed by atoms with E-state index in [1.807, 2.05) is 13.0 Å². The van der Waals surface area contributed by atoms with Crippen molar-refractivity contribution in [3.8, 4) is 0 Å². The van der Waals surface area contributed by atoms with Gasteiger partial charge in [0.05, 0.1) is 4.88 Å². The topological polar surface area (TPSA) is 26.3 Å². The van der Waals surface area contributed by atoms with Crippen molar-refractivity contribution in [2.45, 2.75) is 25.9 Å². The van der Waals surface area contributed by atoms with Gasteiger partial charge in [0.2, 0.25) is 5.78 Å². The van der Waals surface area contributed by atoms with Crippen LogP contribution in [0.5, 0.6) is 0 Å². The minimum Gasteiger partial charge on any atom is -0.370 e. The number of thiophene rings is 1. The lowest BCUT2D eigenvalue weighted by atomic mass is 10.1. The quantitative estimate of drug-likeness (QED) is 0.775. The average Bonchev–Trinajstić information content (AvgIpc) is 2.76. The van der Waals surface area contributed by atoms with Crippen molar-refractivity contribution in [3.63, 3.8) is 0 Å². The van der Waals surface area contributed by atoms with Crippen LogP contribution >= 0.6 is 27.3 Å². The fourth-order valence-corrected chi connectivity index (χ4v) is 3.04. The van der Waals surface area contributed by atoms with Gasteiger partial charge in [-0.05, 0) is 41.8 Å². The number of halogens is 1. The Balaban J connectivity index is 2.18. The molecule has 1 saturated heterocycles. The molecule has 0 aliphatic carbocycles. The summed E-state index contributed by atoms with van der Waals surface area (Å²) in [5.74, 6) is 0.140. The van der Waals surface area contributed by atoms with Crippen molar-refractivity contribution in [2.75, 3.05) is 6.61 Å². The summed E-state index contributed by atoms with van der Waals surface area (Å²) < 4.78 is 6.38. The van der Waals surface area contributed by atoms with E-state index in [0.717, 1.165) is 33.7 Å². The van der Waals surface area contributed by atoms with Crippen LogP contribution in [0.2, 0.25) is 0 Å². The number of carbonyl (C=O) groups excluding carboxylic acids is 1. The molecule has 0 saturated carbocycles. The van der Waals surface area contributed by atoms with Crippen LogP contribution < -0.4 is 0 Å². The highest BCUT2D eigenvalue weighted by molar-refractivity contribution is 9.10. The molecular weight excluding hydrogens is 264 g/mol. The van der Waals surface area contributed by atoms with Gasteiger partial charge >= 0.3 is 0 Å². The van der Waals surface area contributed by atoms with Gasteiger partial charge in [-0.3, -0.25) is 4.79 Å². The SMILES string of the molecule is Cc1sc(C(=O)C2CCCO2)cc1Br. The van der Waals surface area contributed by atoms with Crippen molar-refractivity contribution in [2.24, 2.45) is 0 Å². The van der Waals surface area contributed by atoms with E-state index in [1.165, 1.54) is 11.3 Å². The molecule has 0 bridgehead atoms. The summed E-state index contributed by atoms with van der Waals surface area (Å²) in [6, 6.07) is 1.89. The molecule has 1 aliphatic heterocycles. The Morgan fingerprint density at radius 2 is 2.50 bits per heavy atom. The van der Waals surface area contributed by atoms with Crippen molar-refractivity contribution in [1.29, 1.82) is 0 Å². The normalized spacial score (nSPS) is 21.4. The van der Waals surface area contributed by atoms with Gasteiger partial charge in [-0.15, -0.1) is 11.3 Å². The first-order chi connectivity index (χ1) is 6.68. The van der Waals surface area contributed by atoms with E-state index in [1.54, 1.807) is 0 Å². The Kier molecular flexibility index (Phi) is 3.04. The van der Waals surface area contributed by atoms with E-state index >= 15 is 0 Å². The molecule has 1 atom stereocenters. The van der Waals surface area contributed by atoms with Gasteiger partial charge in [0.1, 0.15) is 6.10 Å². The highest BCUT2D eigenvalue weighted by atomic mass is 79.9. The summed E-state index contributed by atoms with van der Waals surface area (Å²) in [6.45, 7) is 2.73. The Labute approximate surface area is 95.4 Å². The zero-order chi connectivity index (χ0) is 10.1. The molecule has 2 rings (SSSR count). The van der Waals surface area contributed by atoms with E-state index < -0.39 is 0 Å². The molecule has 1 aromatic heterocycles. The molecule has 0 N–H and O–H groups in total. The minimum atomic E-state index is -0.194. The zero-order valence-corrected chi connectivity index (χ0v) is 10.3. The maximum atomic E-state index is 11.9. The van der Waals surface area contributed by atoms with Crippen LogP contribution in [0.3, 0.4) is 0 Å².